The van der Waals surface area contributed by atoms with Gasteiger partial charge in [-0.1, -0.05) is 19.1 Å². The zero-order chi connectivity index (χ0) is 17.1. The second kappa shape index (κ2) is 7.60. The molecule has 1 saturated heterocycles. The molecule has 3 rings (SSSR count). The summed E-state index contributed by atoms with van der Waals surface area (Å²) in [5.41, 5.74) is 1.17. The number of thioether (sulfide) groups is 1. The van der Waals surface area contributed by atoms with Gasteiger partial charge in [0, 0.05) is 30.4 Å². The van der Waals surface area contributed by atoms with E-state index in [0.717, 1.165) is 32.2 Å². The molecule has 1 aliphatic heterocycles. The molecule has 0 N–H and O–H groups in total. The highest BCUT2D eigenvalue weighted by molar-refractivity contribution is 7.98. The largest absolute Gasteiger partial charge is 0.334 e. The average molecular weight is 346 g/mol. The molecule has 5 heteroatoms. The van der Waals surface area contributed by atoms with E-state index in [9.17, 15) is 9.59 Å². The van der Waals surface area contributed by atoms with Crippen molar-refractivity contribution in [2.75, 3.05) is 12.8 Å². The zero-order valence-corrected chi connectivity index (χ0v) is 15.3. The number of amides is 2. The van der Waals surface area contributed by atoms with Gasteiger partial charge < -0.3 is 9.80 Å². The van der Waals surface area contributed by atoms with E-state index in [1.165, 1.54) is 10.5 Å². The number of carbonyl (C=O) groups excluding carboxylic acids is 2. The molecule has 1 aromatic rings. The van der Waals surface area contributed by atoms with Crippen LogP contribution in [-0.4, -0.2) is 46.5 Å². The molecule has 1 atom stereocenters. The number of hydrogen-bond donors (Lipinski definition) is 0. The molecule has 24 heavy (non-hydrogen) atoms. The van der Waals surface area contributed by atoms with E-state index < -0.39 is 0 Å². The lowest BCUT2D eigenvalue weighted by molar-refractivity contribution is -0.144. The Labute approximate surface area is 148 Å². The van der Waals surface area contributed by atoms with Gasteiger partial charge in [-0.3, -0.25) is 9.59 Å². The van der Waals surface area contributed by atoms with E-state index in [2.05, 4.69) is 30.5 Å². The Morgan fingerprint density at radius 1 is 1.21 bits per heavy atom. The second-order valence-corrected chi connectivity index (χ2v) is 7.52. The topological polar surface area (TPSA) is 40.6 Å². The van der Waals surface area contributed by atoms with E-state index in [-0.39, 0.29) is 17.9 Å². The average Bonchev–Trinajstić information content (AvgIpc) is 3.34. The molecule has 1 aliphatic carbocycles. The molecule has 1 saturated carbocycles. The molecular formula is C19H26N2O2S. The van der Waals surface area contributed by atoms with Crippen LogP contribution in [0, 0.1) is 0 Å². The van der Waals surface area contributed by atoms with Crippen molar-refractivity contribution in [2.45, 2.75) is 62.6 Å². The van der Waals surface area contributed by atoms with Crippen molar-refractivity contribution in [1.82, 2.24) is 9.80 Å². The fourth-order valence-corrected chi connectivity index (χ4v) is 3.83. The third-order valence-corrected chi connectivity index (χ3v) is 5.69. The van der Waals surface area contributed by atoms with Crippen LogP contribution < -0.4 is 0 Å². The van der Waals surface area contributed by atoms with Crippen LogP contribution in [0.1, 0.15) is 44.6 Å². The summed E-state index contributed by atoms with van der Waals surface area (Å²) in [5.74, 6) is 0.247. The molecule has 0 unspecified atom stereocenters. The molecule has 0 spiro atoms. The van der Waals surface area contributed by atoms with Crippen LogP contribution in [0.3, 0.4) is 0 Å². The first kappa shape index (κ1) is 17.3. The fourth-order valence-electron chi connectivity index (χ4n) is 3.42. The van der Waals surface area contributed by atoms with Gasteiger partial charge in [0.2, 0.25) is 11.8 Å². The summed E-state index contributed by atoms with van der Waals surface area (Å²) in [6.45, 7) is 3.25. The third-order valence-electron chi connectivity index (χ3n) is 4.94. The Kier molecular flexibility index (Phi) is 5.49. The van der Waals surface area contributed by atoms with E-state index in [1.54, 1.807) is 16.7 Å². The number of rotatable bonds is 6. The number of hydrogen-bond acceptors (Lipinski definition) is 3. The van der Waals surface area contributed by atoms with Gasteiger partial charge in [0.05, 0.1) is 0 Å². The summed E-state index contributed by atoms with van der Waals surface area (Å²) in [4.78, 5) is 30.3. The SMILES string of the molecule is CCC(=O)N1CCC[C@@H]1C(=O)N(Cc1ccc(SC)cc1)C1CC1. The molecule has 0 bridgehead atoms. The predicted molar refractivity (Wildman–Crippen MR) is 96.8 cm³/mol. The van der Waals surface area contributed by atoms with Crippen LogP contribution in [0.25, 0.3) is 0 Å². The Morgan fingerprint density at radius 3 is 2.50 bits per heavy atom. The van der Waals surface area contributed by atoms with Gasteiger partial charge in [0.25, 0.3) is 0 Å². The van der Waals surface area contributed by atoms with E-state index in [0.29, 0.717) is 19.0 Å². The Morgan fingerprint density at radius 2 is 1.92 bits per heavy atom. The van der Waals surface area contributed by atoms with E-state index in [1.807, 2.05) is 11.8 Å². The van der Waals surface area contributed by atoms with Crippen LogP contribution >= 0.6 is 11.8 Å². The van der Waals surface area contributed by atoms with Crippen molar-refractivity contribution in [2.24, 2.45) is 0 Å². The molecule has 2 fully saturated rings. The molecule has 1 heterocycles. The Hall–Kier alpha value is -1.49. The minimum atomic E-state index is -0.247. The molecule has 0 aromatic heterocycles. The van der Waals surface area contributed by atoms with Crippen molar-refractivity contribution in [3.8, 4) is 0 Å². The first-order valence-corrected chi connectivity index (χ1v) is 10.1. The standard InChI is InChI=1S/C19H26N2O2S/c1-3-18(22)20-12-4-5-17(20)19(23)21(15-8-9-15)13-14-6-10-16(24-2)11-7-14/h6-7,10-11,15,17H,3-5,8-9,12-13H2,1-2H3/t17-/m1/s1. The van der Waals surface area contributed by atoms with Gasteiger partial charge in [0.1, 0.15) is 6.04 Å². The highest BCUT2D eigenvalue weighted by atomic mass is 32.2. The monoisotopic (exact) mass is 346 g/mol. The van der Waals surface area contributed by atoms with Crippen LogP contribution in [0.15, 0.2) is 29.2 Å². The highest BCUT2D eigenvalue weighted by Gasteiger charge is 2.40. The summed E-state index contributed by atoms with van der Waals surface area (Å²) in [6.07, 6.45) is 6.45. The van der Waals surface area contributed by atoms with E-state index >= 15 is 0 Å². The molecule has 4 nitrogen and oxygen atoms in total. The van der Waals surface area contributed by atoms with Crippen molar-refractivity contribution in [3.05, 3.63) is 29.8 Å². The normalized spacial score (nSPS) is 20.2. The van der Waals surface area contributed by atoms with Crippen molar-refractivity contribution < 1.29 is 9.59 Å². The maximum Gasteiger partial charge on any atom is 0.245 e. The minimum absolute atomic E-state index is 0.103. The van der Waals surface area contributed by atoms with Gasteiger partial charge >= 0.3 is 0 Å². The summed E-state index contributed by atoms with van der Waals surface area (Å²) < 4.78 is 0. The molecule has 130 valence electrons. The minimum Gasteiger partial charge on any atom is -0.334 e. The second-order valence-electron chi connectivity index (χ2n) is 6.64. The van der Waals surface area contributed by atoms with Gasteiger partial charge in [-0.15, -0.1) is 11.8 Å². The van der Waals surface area contributed by atoms with Crippen LogP contribution in [0.2, 0.25) is 0 Å². The van der Waals surface area contributed by atoms with Crippen LogP contribution in [-0.2, 0) is 16.1 Å². The number of benzene rings is 1. The first-order valence-electron chi connectivity index (χ1n) is 8.87. The Balaban J connectivity index is 1.72. The van der Waals surface area contributed by atoms with Crippen LogP contribution in [0.4, 0.5) is 0 Å². The predicted octanol–water partition coefficient (Wildman–Crippen LogP) is 3.30. The van der Waals surface area contributed by atoms with E-state index in [4.69, 9.17) is 0 Å². The highest BCUT2D eigenvalue weighted by Crippen LogP contribution is 2.31. The zero-order valence-electron chi connectivity index (χ0n) is 14.5. The van der Waals surface area contributed by atoms with Crippen molar-refractivity contribution in [3.63, 3.8) is 0 Å². The van der Waals surface area contributed by atoms with Crippen molar-refractivity contribution >= 4 is 23.6 Å². The molecule has 2 amide bonds. The molecule has 1 aromatic carbocycles. The summed E-state index contributed by atoms with van der Waals surface area (Å²) >= 11 is 1.72. The lowest BCUT2D eigenvalue weighted by Gasteiger charge is -2.30. The van der Waals surface area contributed by atoms with Gasteiger partial charge in [-0.25, -0.2) is 0 Å². The smallest absolute Gasteiger partial charge is 0.245 e. The first-order chi connectivity index (χ1) is 11.6. The number of carbonyl (C=O) groups is 2. The lowest BCUT2D eigenvalue weighted by atomic mass is 10.1. The summed E-state index contributed by atoms with van der Waals surface area (Å²) in [6, 6.07) is 8.55. The lowest BCUT2D eigenvalue weighted by Crippen LogP contribution is -2.48. The Bertz CT molecular complexity index is 598. The maximum atomic E-state index is 13.1. The van der Waals surface area contributed by atoms with Crippen LogP contribution in [0.5, 0.6) is 0 Å². The molecular weight excluding hydrogens is 320 g/mol. The van der Waals surface area contributed by atoms with Gasteiger partial charge in [-0.2, -0.15) is 0 Å². The maximum absolute atomic E-state index is 13.1. The quantitative estimate of drug-likeness (QED) is 0.742. The molecule has 2 aliphatic rings. The summed E-state index contributed by atoms with van der Waals surface area (Å²) in [7, 11) is 0. The number of nitrogens with zero attached hydrogens (tertiary/aromatic N) is 2. The van der Waals surface area contributed by atoms with Gasteiger partial charge in [0.15, 0.2) is 0 Å². The fraction of sp³-hybridized carbons (Fsp3) is 0.579. The molecule has 0 radical (unpaired) electrons. The van der Waals surface area contributed by atoms with Crippen molar-refractivity contribution in [1.29, 1.82) is 0 Å². The third kappa shape index (κ3) is 3.77. The summed E-state index contributed by atoms with van der Waals surface area (Å²) in [5, 5.41) is 0. The number of likely N-dealkylation sites (tertiary alicyclic amines) is 1. The van der Waals surface area contributed by atoms with Gasteiger partial charge in [-0.05, 0) is 49.6 Å².